The molecule has 1 aliphatic heterocycles. The minimum Gasteiger partial charge on any atom is -0.444 e. The normalized spacial score (nSPS) is 26.4. The van der Waals surface area contributed by atoms with Gasteiger partial charge in [-0.2, -0.15) is 0 Å². The standard InChI is InChI=1S/C13H23NO2/c1-6-11-9-10(2)7-8-14(11)12(15)16-13(3,4)5/h6,10-11H,1,7-9H2,2-5H3/t10-,11+/m1/s1. The van der Waals surface area contributed by atoms with Crippen molar-refractivity contribution in [2.24, 2.45) is 5.92 Å². The van der Waals surface area contributed by atoms with E-state index in [9.17, 15) is 4.79 Å². The van der Waals surface area contributed by atoms with E-state index in [1.165, 1.54) is 0 Å². The van der Waals surface area contributed by atoms with Crippen LogP contribution in [0.25, 0.3) is 0 Å². The fourth-order valence-corrected chi connectivity index (χ4v) is 1.95. The van der Waals surface area contributed by atoms with Crippen molar-refractivity contribution in [1.29, 1.82) is 0 Å². The zero-order valence-electron chi connectivity index (χ0n) is 10.8. The van der Waals surface area contributed by atoms with Crippen LogP contribution < -0.4 is 0 Å². The van der Waals surface area contributed by atoms with Crippen molar-refractivity contribution in [2.75, 3.05) is 6.54 Å². The molecule has 16 heavy (non-hydrogen) atoms. The van der Waals surface area contributed by atoms with Gasteiger partial charge in [0.15, 0.2) is 0 Å². The van der Waals surface area contributed by atoms with Gasteiger partial charge in [-0.25, -0.2) is 4.79 Å². The number of hydrogen-bond acceptors (Lipinski definition) is 2. The smallest absolute Gasteiger partial charge is 0.410 e. The number of ether oxygens (including phenoxy) is 1. The number of nitrogens with zero attached hydrogens (tertiary/aromatic N) is 1. The Morgan fingerprint density at radius 3 is 2.62 bits per heavy atom. The Labute approximate surface area is 98.5 Å². The van der Waals surface area contributed by atoms with E-state index >= 15 is 0 Å². The molecule has 1 saturated heterocycles. The van der Waals surface area contributed by atoms with E-state index in [0.29, 0.717) is 5.92 Å². The van der Waals surface area contributed by atoms with Gasteiger partial charge in [-0.15, -0.1) is 6.58 Å². The van der Waals surface area contributed by atoms with Crippen LogP contribution in [0.15, 0.2) is 12.7 Å². The van der Waals surface area contributed by atoms with Crippen LogP contribution in [0.2, 0.25) is 0 Å². The monoisotopic (exact) mass is 225 g/mol. The first-order valence-electron chi connectivity index (χ1n) is 5.95. The van der Waals surface area contributed by atoms with Crippen LogP contribution in [0.5, 0.6) is 0 Å². The van der Waals surface area contributed by atoms with E-state index in [2.05, 4.69) is 13.5 Å². The van der Waals surface area contributed by atoms with Crippen molar-refractivity contribution < 1.29 is 9.53 Å². The maximum Gasteiger partial charge on any atom is 0.410 e. The van der Waals surface area contributed by atoms with E-state index in [-0.39, 0.29) is 12.1 Å². The van der Waals surface area contributed by atoms with Crippen molar-refractivity contribution in [2.45, 2.75) is 52.2 Å². The third kappa shape index (κ3) is 3.54. The zero-order valence-corrected chi connectivity index (χ0v) is 10.8. The molecule has 1 aliphatic rings. The topological polar surface area (TPSA) is 29.5 Å². The number of piperidine rings is 1. The lowest BCUT2D eigenvalue weighted by molar-refractivity contribution is 0.0114. The second kappa shape index (κ2) is 4.89. The molecule has 1 heterocycles. The highest BCUT2D eigenvalue weighted by molar-refractivity contribution is 5.69. The average molecular weight is 225 g/mol. The summed E-state index contributed by atoms with van der Waals surface area (Å²) in [5.74, 6) is 0.654. The zero-order chi connectivity index (χ0) is 12.3. The lowest BCUT2D eigenvalue weighted by Gasteiger charge is -2.37. The van der Waals surface area contributed by atoms with Crippen LogP contribution >= 0.6 is 0 Å². The number of amides is 1. The van der Waals surface area contributed by atoms with E-state index in [1.54, 1.807) is 4.90 Å². The molecule has 0 saturated carbocycles. The molecule has 0 aromatic carbocycles. The van der Waals surface area contributed by atoms with Crippen molar-refractivity contribution >= 4 is 6.09 Å². The van der Waals surface area contributed by atoms with Crippen LogP contribution in [-0.2, 0) is 4.74 Å². The number of hydrogen-bond donors (Lipinski definition) is 0. The van der Waals surface area contributed by atoms with Gasteiger partial charge in [-0.1, -0.05) is 13.0 Å². The largest absolute Gasteiger partial charge is 0.444 e. The molecule has 0 N–H and O–H groups in total. The minimum absolute atomic E-state index is 0.124. The van der Waals surface area contributed by atoms with Crippen LogP contribution in [0.1, 0.15) is 40.5 Å². The van der Waals surface area contributed by atoms with Crippen molar-refractivity contribution in [3.8, 4) is 0 Å². The second-order valence-electron chi connectivity index (χ2n) is 5.61. The van der Waals surface area contributed by atoms with Gasteiger partial charge in [0, 0.05) is 6.54 Å². The molecule has 0 bridgehead atoms. The number of carbonyl (C=O) groups is 1. The Morgan fingerprint density at radius 1 is 1.50 bits per heavy atom. The van der Waals surface area contributed by atoms with Gasteiger partial charge in [0.2, 0.25) is 0 Å². The summed E-state index contributed by atoms with van der Waals surface area (Å²) in [6.45, 7) is 12.4. The quantitative estimate of drug-likeness (QED) is 0.641. The highest BCUT2D eigenvalue weighted by Crippen LogP contribution is 2.24. The fraction of sp³-hybridized carbons (Fsp3) is 0.769. The van der Waals surface area contributed by atoms with Crippen LogP contribution in [0, 0.1) is 5.92 Å². The SMILES string of the molecule is C=C[C@H]1C[C@H](C)CCN1C(=O)OC(C)(C)C. The Kier molecular flexibility index (Phi) is 4.00. The van der Waals surface area contributed by atoms with Crippen LogP contribution in [0.4, 0.5) is 4.79 Å². The average Bonchev–Trinajstić information content (AvgIpc) is 2.14. The predicted octanol–water partition coefficient (Wildman–Crippen LogP) is 3.21. The second-order valence-corrected chi connectivity index (χ2v) is 5.61. The highest BCUT2D eigenvalue weighted by Gasteiger charge is 2.30. The van der Waals surface area contributed by atoms with E-state index < -0.39 is 5.60 Å². The summed E-state index contributed by atoms with van der Waals surface area (Å²) in [6.07, 6.45) is 3.66. The van der Waals surface area contributed by atoms with Gasteiger partial charge in [0.1, 0.15) is 5.60 Å². The summed E-state index contributed by atoms with van der Waals surface area (Å²) in [6, 6.07) is 0.124. The van der Waals surface area contributed by atoms with Gasteiger partial charge < -0.3 is 9.64 Å². The summed E-state index contributed by atoms with van der Waals surface area (Å²) >= 11 is 0. The molecule has 1 rings (SSSR count). The minimum atomic E-state index is -0.425. The molecule has 92 valence electrons. The van der Waals surface area contributed by atoms with E-state index in [1.807, 2.05) is 26.8 Å². The molecular formula is C13H23NO2. The predicted molar refractivity (Wildman–Crippen MR) is 65.3 cm³/mol. The lowest BCUT2D eigenvalue weighted by Crippen LogP contribution is -2.46. The molecule has 2 atom stereocenters. The Bertz CT molecular complexity index is 268. The third-order valence-electron chi connectivity index (χ3n) is 2.81. The van der Waals surface area contributed by atoms with Gasteiger partial charge in [0.05, 0.1) is 6.04 Å². The molecule has 3 nitrogen and oxygen atoms in total. The van der Waals surface area contributed by atoms with Crippen molar-refractivity contribution in [1.82, 2.24) is 4.90 Å². The molecule has 0 aromatic rings. The first kappa shape index (κ1) is 13.1. The maximum atomic E-state index is 11.9. The molecule has 0 aliphatic carbocycles. The van der Waals surface area contributed by atoms with Gasteiger partial charge in [0.25, 0.3) is 0 Å². The van der Waals surface area contributed by atoms with Crippen molar-refractivity contribution in [3.05, 3.63) is 12.7 Å². The van der Waals surface area contributed by atoms with E-state index in [4.69, 9.17) is 4.74 Å². The molecule has 1 fully saturated rings. The Hall–Kier alpha value is -0.990. The molecule has 0 spiro atoms. The molecule has 0 unspecified atom stereocenters. The molecule has 3 heteroatoms. The first-order valence-corrected chi connectivity index (χ1v) is 5.95. The first-order chi connectivity index (χ1) is 7.33. The van der Waals surface area contributed by atoms with E-state index in [0.717, 1.165) is 19.4 Å². The fourth-order valence-electron chi connectivity index (χ4n) is 1.95. The number of carbonyl (C=O) groups excluding carboxylic acids is 1. The molecular weight excluding hydrogens is 202 g/mol. The van der Waals surface area contributed by atoms with Crippen LogP contribution in [0.3, 0.4) is 0 Å². The molecule has 1 amide bonds. The molecule has 0 aromatic heterocycles. The van der Waals surface area contributed by atoms with Crippen molar-refractivity contribution in [3.63, 3.8) is 0 Å². The summed E-state index contributed by atoms with van der Waals surface area (Å²) in [5, 5.41) is 0. The Morgan fingerprint density at radius 2 is 2.12 bits per heavy atom. The third-order valence-corrected chi connectivity index (χ3v) is 2.81. The van der Waals surface area contributed by atoms with Gasteiger partial charge in [-0.3, -0.25) is 0 Å². The number of likely N-dealkylation sites (tertiary alicyclic amines) is 1. The van der Waals surface area contributed by atoms with Gasteiger partial charge >= 0.3 is 6.09 Å². The summed E-state index contributed by atoms with van der Waals surface area (Å²) < 4.78 is 5.38. The molecule has 0 radical (unpaired) electrons. The lowest BCUT2D eigenvalue weighted by atomic mass is 9.93. The van der Waals surface area contributed by atoms with Gasteiger partial charge in [-0.05, 0) is 39.5 Å². The van der Waals surface area contributed by atoms with Crippen LogP contribution in [-0.4, -0.2) is 29.2 Å². The Balaban J connectivity index is 2.64. The summed E-state index contributed by atoms with van der Waals surface area (Å²) in [7, 11) is 0. The number of rotatable bonds is 1. The summed E-state index contributed by atoms with van der Waals surface area (Å²) in [4.78, 5) is 13.7. The maximum absolute atomic E-state index is 11.9. The highest BCUT2D eigenvalue weighted by atomic mass is 16.6. The summed E-state index contributed by atoms with van der Waals surface area (Å²) in [5.41, 5.74) is -0.425.